The van der Waals surface area contributed by atoms with Crippen molar-refractivity contribution in [3.05, 3.63) is 84.1 Å². The monoisotopic (exact) mass is 511 g/mol. The Kier molecular flexibility index (Phi) is 7.15. The van der Waals surface area contributed by atoms with E-state index in [2.05, 4.69) is 31.4 Å². The first kappa shape index (κ1) is 25.5. The molecular formula is C30H33N5O3. The standard InChI is InChI=1S/C30H33N5O3/c1-30(2,3)26-20-27(32-29(37)31-25-13-7-10-22-9-4-5-12-24(22)25)33-35(26)23-11-6-8-21(18-23)19-28(36)34-14-16-38-17-15-34/h4-13,18,20H,14-17,19H2,1-3H3,(H2,31,32,33,37). The fourth-order valence-corrected chi connectivity index (χ4v) is 4.67. The Hall–Kier alpha value is -4.17. The first-order valence-corrected chi connectivity index (χ1v) is 12.9. The summed E-state index contributed by atoms with van der Waals surface area (Å²) in [5.74, 6) is 0.539. The van der Waals surface area contributed by atoms with E-state index in [0.717, 1.165) is 33.4 Å². The normalized spacial score (nSPS) is 13.9. The second kappa shape index (κ2) is 10.7. The fraction of sp³-hybridized carbons (Fsp3) is 0.300. The average molecular weight is 512 g/mol. The van der Waals surface area contributed by atoms with Crippen molar-refractivity contribution < 1.29 is 14.3 Å². The van der Waals surface area contributed by atoms with Crippen LogP contribution in [0.2, 0.25) is 0 Å². The molecule has 3 aromatic carbocycles. The number of fused-ring (bicyclic) bond motifs is 1. The molecule has 1 aliphatic rings. The quantitative estimate of drug-likeness (QED) is 0.377. The molecule has 196 valence electrons. The number of benzene rings is 3. The number of ether oxygens (including phenoxy) is 1. The van der Waals surface area contributed by atoms with Gasteiger partial charge in [-0.15, -0.1) is 5.10 Å². The van der Waals surface area contributed by atoms with E-state index in [0.29, 0.717) is 38.5 Å². The second-order valence-corrected chi connectivity index (χ2v) is 10.5. The number of carbonyl (C=O) groups excluding carboxylic acids is 2. The second-order valence-electron chi connectivity index (χ2n) is 10.5. The molecule has 0 saturated carbocycles. The molecule has 0 spiro atoms. The zero-order valence-electron chi connectivity index (χ0n) is 22.0. The molecule has 8 nitrogen and oxygen atoms in total. The van der Waals surface area contributed by atoms with Crippen molar-refractivity contribution in [3.8, 4) is 5.69 Å². The minimum Gasteiger partial charge on any atom is -0.378 e. The van der Waals surface area contributed by atoms with E-state index >= 15 is 0 Å². The van der Waals surface area contributed by atoms with Crippen LogP contribution in [0.25, 0.3) is 16.5 Å². The summed E-state index contributed by atoms with van der Waals surface area (Å²) in [4.78, 5) is 27.6. The van der Waals surface area contributed by atoms with E-state index in [-0.39, 0.29) is 17.4 Å². The van der Waals surface area contributed by atoms with Gasteiger partial charge in [0, 0.05) is 30.0 Å². The lowest BCUT2D eigenvalue weighted by Crippen LogP contribution is -2.41. The molecule has 3 amide bonds. The van der Waals surface area contributed by atoms with Crippen LogP contribution in [-0.4, -0.2) is 52.9 Å². The lowest BCUT2D eigenvalue weighted by molar-refractivity contribution is -0.134. The van der Waals surface area contributed by atoms with Crippen molar-refractivity contribution in [2.24, 2.45) is 0 Å². The Morgan fingerprint density at radius 2 is 1.66 bits per heavy atom. The van der Waals surface area contributed by atoms with Crippen LogP contribution in [0, 0.1) is 0 Å². The number of amides is 3. The fourth-order valence-electron chi connectivity index (χ4n) is 4.67. The zero-order valence-corrected chi connectivity index (χ0v) is 22.0. The number of hydrogen-bond donors (Lipinski definition) is 2. The summed E-state index contributed by atoms with van der Waals surface area (Å²) >= 11 is 0. The van der Waals surface area contributed by atoms with Gasteiger partial charge in [-0.25, -0.2) is 9.48 Å². The molecule has 0 radical (unpaired) electrons. The minimum atomic E-state index is -0.365. The van der Waals surface area contributed by atoms with Gasteiger partial charge >= 0.3 is 6.03 Å². The summed E-state index contributed by atoms with van der Waals surface area (Å²) in [6.07, 6.45) is 0.318. The number of aromatic nitrogens is 2. The number of anilines is 2. The first-order chi connectivity index (χ1) is 18.3. The number of urea groups is 1. The third-order valence-corrected chi connectivity index (χ3v) is 6.63. The maximum Gasteiger partial charge on any atom is 0.324 e. The molecule has 1 aromatic heterocycles. The molecule has 1 fully saturated rings. The Morgan fingerprint density at radius 3 is 2.45 bits per heavy atom. The van der Waals surface area contributed by atoms with E-state index in [4.69, 9.17) is 9.84 Å². The Balaban J connectivity index is 1.37. The molecule has 0 unspecified atom stereocenters. The largest absolute Gasteiger partial charge is 0.378 e. The van der Waals surface area contributed by atoms with Gasteiger partial charge in [0.15, 0.2) is 5.82 Å². The maximum atomic E-state index is 12.9. The number of carbonyl (C=O) groups is 2. The third-order valence-electron chi connectivity index (χ3n) is 6.63. The molecule has 4 aromatic rings. The highest BCUT2D eigenvalue weighted by Gasteiger charge is 2.23. The predicted molar refractivity (Wildman–Crippen MR) is 150 cm³/mol. The number of hydrogen-bond acceptors (Lipinski definition) is 4. The minimum absolute atomic E-state index is 0.0921. The van der Waals surface area contributed by atoms with Crippen molar-refractivity contribution in [2.75, 3.05) is 36.9 Å². The first-order valence-electron chi connectivity index (χ1n) is 12.9. The highest BCUT2D eigenvalue weighted by atomic mass is 16.5. The van der Waals surface area contributed by atoms with Gasteiger partial charge < -0.3 is 15.0 Å². The van der Waals surface area contributed by atoms with Crippen LogP contribution in [0.4, 0.5) is 16.3 Å². The molecule has 8 heteroatoms. The summed E-state index contributed by atoms with van der Waals surface area (Å²) < 4.78 is 7.21. The molecule has 0 atom stereocenters. The van der Waals surface area contributed by atoms with Crippen LogP contribution in [-0.2, 0) is 21.4 Å². The van der Waals surface area contributed by atoms with Crippen molar-refractivity contribution in [1.29, 1.82) is 0 Å². The summed E-state index contributed by atoms with van der Waals surface area (Å²) in [6, 6.07) is 23.1. The van der Waals surface area contributed by atoms with Crippen LogP contribution in [0.1, 0.15) is 32.0 Å². The third kappa shape index (κ3) is 5.70. The molecule has 0 bridgehead atoms. The van der Waals surface area contributed by atoms with E-state index in [1.54, 1.807) is 0 Å². The summed E-state index contributed by atoms with van der Waals surface area (Å²) in [5.41, 5.74) is 3.18. The average Bonchev–Trinajstić information content (AvgIpc) is 3.34. The van der Waals surface area contributed by atoms with Crippen molar-refractivity contribution >= 4 is 34.2 Å². The Labute approximate surface area is 222 Å². The molecule has 2 heterocycles. The maximum absolute atomic E-state index is 12.9. The Morgan fingerprint density at radius 1 is 0.921 bits per heavy atom. The van der Waals surface area contributed by atoms with Gasteiger partial charge in [0.25, 0.3) is 0 Å². The van der Waals surface area contributed by atoms with Crippen LogP contribution in [0.3, 0.4) is 0 Å². The molecule has 1 saturated heterocycles. The van der Waals surface area contributed by atoms with E-state index in [1.807, 2.05) is 82.4 Å². The van der Waals surface area contributed by atoms with Crippen molar-refractivity contribution in [3.63, 3.8) is 0 Å². The number of nitrogens with zero attached hydrogens (tertiary/aromatic N) is 3. The molecule has 2 N–H and O–H groups in total. The van der Waals surface area contributed by atoms with Gasteiger partial charge in [-0.2, -0.15) is 0 Å². The van der Waals surface area contributed by atoms with Crippen LogP contribution >= 0.6 is 0 Å². The molecule has 0 aliphatic carbocycles. The summed E-state index contributed by atoms with van der Waals surface area (Å²) in [7, 11) is 0. The van der Waals surface area contributed by atoms with E-state index in [1.165, 1.54) is 0 Å². The molecule has 1 aliphatic heterocycles. The van der Waals surface area contributed by atoms with Gasteiger partial charge in [0.1, 0.15) is 0 Å². The number of rotatable bonds is 5. The smallest absolute Gasteiger partial charge is 0.324 e. The van der Waals surface area contributed by atoms with Crippen LogP contribution in [0.15, 0.2) is 72.8 Å². The van der Waals surface area contributed by atoms with Crippen molar-refractivity contribution in [2.45, 2.75) is 32.6 Å². The van der Waals surface area contributed by atoms with Crippen molar-refractivity contribution in [1.82, 2.24) is 14.7 Å². The highest BCUT2D eigenvalue weighted by Crippen LogP contribution is 2.29. The topological polar surface area (TPSA) is 88.5 Å². The summed E-state index contributed by atoms with van der Waals surface area (Å²) in [6.45, 7) is 8.73. The lowest BCUT2D eigenvalue weighted by atomic mass is 9.92. The zero-order chi connectivity index (χ0) is 26.7. The van der Waals surface area contributed by atoms with Gasteiger partial charge in [-0.1, -0.05) is 69.3 Å². The SMILES string of the molecule is CC(C)(C)c1cc(NC(=O)Nc2cccc3ccccc23)nn1-c1cccc(CC(=O)N2CCOCC2)c1. The number of morpholine rings is 1. The molecule has 5 rings (SSSR count). The van der Waals surface area contributed by atoms with Gasteiger partial charge in [-0.05, 0) is 29.1 Å². The van der Waals surface area contributed by atoms with E-state index < -0.39 is 0 Å². The summed E-state index contributed by atoms with van der Waals surface area (Å²) in [5, 5.41) is 12.6. The molecule has 38 heavy (non-hydrogen) atoms. The van der Waals surface area contributed by atoms with E-state index in [9.17, 15) is 9.59 Å². The van der Waals surface area contributed by atoms with Gasteiger partial charge in [0.2, 0.25) is 5.91 Å². The molecular weight excluding hydrogens is 478 g/mol. The predicted octanol–water partition coefficient (Wildman–Crippen LogP) is 5.37. The highest BCUT2D eigenvalue weighted by molar-refractivity contribution is 6.05. The van der Waals surface area contributed by atoms with Crippen LogP contribution < -0.4 is 10.6 Å². The van der Waals surface area contributed by atoms with Crippen LogP contribution in [0.5, 0.6) is 0 Å². The lowest BCUT2D eigenvalue weighted by Gasteiger charge is -2.27. The van der Waals surface area contributed by atoms with Gasteiger partial charge in [-0.3, -0.25) is 10.1 Å². The number of nitrogens with one attached hydrogen (secondary N) is 2. The Bertz CT molecular complexity index is 1460. The van der Waals surface area contributed by atoms with Gasteiger partial charge in [0.05, 0.1) is 36.7 Å².